The molecular formula is C28H32N6OS. The minimum atomic E-state index is -1.21. The molecule has 1 unspecified atom stereocenters. The molecule has 0 saturated carbocycles. The number of hydrogen-bond acceptors (Lipinski definition) is 7. The number of fused-ring (bicyclic) bond motifs is 1. The van der Waals surface area contributed by atoms with E-state index in [0.29, 0.717) is 19.0 Å². The maximum Gasteiger partial charge on any atom is 0.227 e. The van der Waals surface area contributed by atoms with Gasteiger partial charge in [0.25, 0.3) is 0 Å². The Morgan fingerprint density at radius 3 is 2.25 bits per heavy atom. The summed E-state index contributed by atoms with van der Waals surface area (Å²) in [4.78, 5) is 14.5. The van der Waals surface area contributed by atoms with Crippen LogP contribution in [0.2, 0.25) is 0 Å². The molecule has 5 rings (SSSR count). The predicted molar refractivity (Wildman–Crippen MR) is 150 cm³/mol. The molecule has 0 spiro atoms. The Bertz CT molecular complexity index is 1350. The molecule has 1 fully saturated rings. The summed E-state index contributed by atoms with van der Waals surface area (Å²) in [5.74, 6) is 1.48. The molecule has 186 valence electrons. The van der Waals surface area contributed by atoms with E-state index >= 15 is 0 Å². The van der Waals surface area contributed by atoms with Crippen LogP contribution in [-0.2, 0) is 11.4 Å². The number of anilines is 4. The van der Waals surface area contributed by atoms with E-state index in [-0.39, 0.29) is 0 Å². The first kappa shape index (κ1) is 24.4. The molecule has 1 N–H and O–H groups in total. The second kappa shape index (κ2) is 10.3. The highest BCUT2D eigenvalue weighted by Crippen LogP contribution is 2.27. The van der Waals surface area contributed by atoms with Crippen LogP contribution in [0.1, 0.15) is 11.3 Å². The normalized spacial score (nSPS) is 15.2. The molecule has 36 heavy (non-hydrogen) atoms. The van der Waals surface area contributed by atoms with Crippen molar-refractivity contribution in [1.82, 2.24) is 14.3 Å². The van der Waals surface area contributed by atoms with Gasteiger partial charge in [-0.2, -0.15) is 4.98 Å². The van der Waals surface area contributed by atoms with Crippen molar-refractivity contribution in [3.05, 3.63) is 78.0 Å². The smallest absolute Gasteiger partial charge is 0.227 e. The average Bonchev–Trinajstić information content (AvgIpc) is 2.88. The van der Waals surface area contributed by atoms with Gasteiger partial charge in [-0.25, -0.2) is 4.98 Å². The van der Waals surface area contributed by atoms with Crippen LogP contribution in [0, 0.1) is 13.8 Å². The number of aryl methyl sites for hydroxylation is 2. The van der Waals surface area contributed by atoms with E-state index in [9.17, 15) is 4.55 Å². The van der Waals surface area contributed by atoms with E-state index in [1.165, 1.54) is 5.56 Å². The predicted octanol–water partition coefficient (Wildman–Crippen LogP) is 4.90. The molecule has 1 aliphatic rings. The minimum Gasteiger partial charge on any atom is -0.593 e. The van der Waals surface area contributed by atoms with Crippen LogP contribution in [0.15, 0.2) is 71.6 Å². The summed E-state index contributed by atoms with van der Waals surface area (Å²) < 4.78 is 15.4. The van der Waals surface area contributed by atoms with E-state index < -0.39 is 11.4 Å². The first-order chi connectivity index (χ1) is 17.4. The maximum absolute atomic E-state index is 13.4. The van der Waals surface area contributed by atoms with Crippen molar-refractivity contribution in [3.63, 3.8) is 0 Å². The van der Waals surface area contributed by atoms with Gasteiger partial charge >= 0.3 is 0 Å². The third-order valence-electron chi connectivity index (χ3n) is 6.44. The number of piperazine rings is 1. The molecule has 8 heteroatoms. The minimum absolute atomic E-state index is 0.683. The second-order valence-corrected chi connectivity index (χ2v) is 10.9. The number of hydrogen-bond donors (Lipinski definition) is 1. The van der Waals surface area contributed by atoms with E-state index in [2.05, 4.69) is 75.6 Å². The largest absolute Gasteiger partial charge is 0.593 e. The Labute approximate surface area is 216 Å². The summed E-state index contributed by atoms with van der Waals surface area (Å²) >= 11 is -1.21. The van der Waals surface area contributed by atoms with Crippen LogP contribution in [0.3, 0.4) is 0 Å². The highest BCUT2D eigenvalue weighted by atomic mass is 32.2. The summed E-state index contributed by atoms with van der Waals surface area (Å²) in [5.41, 5.74) is 4.29. The Balaban J connectivity index is 1.25. The second-order valence-electron chi connectivity index (χ2n) is 9.44. The van der Waals surface area contributed by atoms with E-state index in [1.54, 1.807) is 0 Å². The van der Waals surface area contributed by atoms with Crippen molar-refractivity contribution in [1.29, 1.82) is 0 Å². The molecule has 4 aromatic rings. The van der Waals surface area contributed by atoms with Gasteiger partial charge in [0, 0.05) is 56.4 Å². The van der Waals surface area contributed by atoms with Crippen molar-refractivity contribution in [2.45, 2.75) is 18.7 Å². The van der Waals surface area contributed by atoms with Crippen LogP contribution >= 0.6 is 0 Å². The van der Waals surface area contributed by atoms with Gasteiger partial charge in [0.15, 0.2) is 4.90 Å². The van der Waals surface area contributed by atoms with Crippen molar-refractivity contribution in [3.8, 4) is 0 Å². The number of benzene rings is 3. The number of nitrogens with zero attached hydrogens (tertiary/aromatic N) is 5. The van der Waals surface area contributed by atoms with Gasteiger partial charge in [0.05, 0.1) is 24.5 Å². The zero-order valence-corrected chi connectivity index (χ0v) is 22.0. The molecule has 2 heterocycles. The zero-order valence-electron chi connectivity index (χ0n) is 21.2. The Kier molecular flexibility index (Phi) is 7.00. The van der Waals surface area contributed by atoms with Crippen LogP contribution in [-0.4, -0.2) is 59.1 Å². The van der Waals surface area contributed by atoms with Gasteiger partial charge in [0.1, 0.15) is 5.82 Å². The average molecular weight is 501 g/mol. The molecule has 1 aromatic heterocycles. The topological polar surface area (TPSA) is 70.6 Å². The van der Waals surface area contributed by atoms with Gasteiger partial charge < -0.3 is 19.7 Å². The first-order valence-electron chi connectivity index (χ1n) is 12.2. The van der Waals surface area contributed by atoms with E-state index in [0.717, 1.165) is 51.6 Å². The fraction of sp³-hybridized carbons (Fsp3) is 0.286. The molecule has 1 atom stereocenters. The zero-order chi connectivity index (χ0) is 25.2. The fourth-order valence-electron chi connectivity index (χ4n) is 4.34. The van der Waals surface area contributed by atoms with Gasteiger partial charge in [-0.3, -0.25) is 0 Å². The van der Waals surface area contributed by atoms with Gasteiger partial charge in [-0.1, -0.05) is 23.8 Å². The molecule has 1 aliphatic heterocycles. The van der Waals surface area contributed by atoms with Crippen LogP contribution < -0.4 is 15.1 Å². The number of nitrogens with one attached hydrogen (secondary N) is 1. The lowest BCUT2D eigenvalue weighted by molar-refractivity contribution is 0.382. The highest BCUT2D eigenvalue weighted by Gasteiger charge is 2.29. The lowest BCUT2D eigenvalue weighted by atomic mass is 10.1. The van der Waals surface area contributed by atoms with Crippen molar-refractivity contribution < 1.29 is 4.55 Å². The van der Waals surface area contributed by atoms with E-state index in [1.807, 2.05) is 43.5 Å². The SMILES string of the molecule is Cc1ccc(Nc2cc(C)nc(N3CCN([S+]([O-])c4ccc5cc(N(C)C)ccc5c4)CC3)n2)cc1. The molecule has 1 saturated heterocycles. The maximum atomic E-state index is 13.4. The van der Waals surface area contributed by atoms with Gasteiger partial charge in [-0.05, 0) is 61.0 Å². The van der Waals surface area contributed by atoms with Crippen molar-refractivity contribution in [2.75, 3.05) is 55.4 Å². The van der Waals surface area contributed by atoms with Gasteiger partial charge in [0.2, 0.25) is 5.95 Å². The Morgan fingerprint density at radius 2 is 1.53 bits per heavy atom. The Hall–Kier alpha value is -3.33. The lowest BCUT2D eigenvalue weighted by Crippen LogP contribution is -2.49. The molecule has 0 amide bonds. The standard InChI is InChI=1S/C28H32N6OS/c1-20-5-9-24(10-6-20)30-27-17-21(2)29-28(31-27)33-13-15-34(16-14-33)36(35)26-12-8-22-18-25(32(3)4)11-7-23(22)19-26/h5-12,17-19H,13-16H2,1-4H3,(H,29,30,31). The quantitative estimate of drug-likeness (QED) is 0.378. The first-order valence-corrected chi connectivity index (χ1v) is 13.3. The van der Waals surface area contributed by atoms with Crippen LogP contribution in [0.4, 0.5) is 23.1 Å². The number of rotatable bonds is 6. The third-order valence-corrected chi connectivity index (χ3v) is 7.93. The van der Waals surface area contributed by atoms with Gasteiger partial charge in [-0.15, -0.1) is 4.31 Å². The van der Waals surface area contributed by atoms with Crippen molar-refractivity contribution >= 4 is 45.3 Å². The molecule has 0 radical (unpaired) electrons. The summed E-state index contributed by atoms with van der Waals surface area (Å²) in [6.45, 7) is 6.87. The van der Waals surface area contributed by atoms with Crippen molar-refractivity contribution in [2.24, 2.45) is 0 Å². The molecule has 0 bridgehead atoms. The van der Waals surface area contributed by atoms with Crippen LogP contribution in [0.5, 0.6) is 0 Å². The summed E-state index contributed by atoms with van der Waals surface area (Å²) in [5, 5.41) is 5.64. The molecule has 7 nitrogen and oxygen atoms in total. The Morgan fingerprint density at radius 1 is 0.833 bits per heavy atom. The number of aromatic nitrogens is 2. The summed E-state index contributed by atoms with van der Waals surface area (Å²) in [6, 6.07) is 22.7. The summed E-state index contributed by atoms with van der Waals surface area (Å²) in [6.07, 6.45) is 0. The summed E-state index contributed by atoms with van der Waals surface area (Å²) in [7, 11) is 4.07. The lowest BCUT2D eigenvalue weighted by Gasteiger charge is -2.34. The molecular weight excluding hydrogens is 468 g/mol. The van der Waals surface area contributed by atoms with Crippen LogP contribution in [0.25, 0.3) is 10.8 Å². The van der Waals surface area contributed by atoms with E-state index in [4.69, 9.17) is 4.98 Å². The highest BCUT2D eigenvalue weighted by molar-refractivity contribution is 7.89. The molecule has 0 aliphatic carbocycles. The molecule has 3 aromatic carbocycles. The monoisotopic (exact) mass is 500 g/mol. The third kappa shape index (κ3) is 5.41. The fourth-order valence-corrected chi connectivity index (χ4v) is 5.55.